The third-order valence-corrected chi connectivity index (χ3v) is 12.9. The summed E-state index contributed by atoms with van der Waals surface area (Å²) in [7, 11) is 0. The second-order valence-electron chi connectivity index (χ2n) is 19.5. The number of rotatable bonds is 37. The zero-order valence-electron chi connectivity index (χ0n) is 45.4. The number of imidazole rings is 1. The smallest absolute Gasteiger partial charge is 0.326 e. The van der Waals surface area contributed by atoms with E-state index in [1.54, 1.807) is 37.4 Å². The van der Waals surface area contributed by atoms with Crippen LogP contribution in [0.1, 0.15) is 89.8 Å². The van der Waals surface area contributed by atoms with Crippen molar-refractivity contribution in [3.05, 3.63) is 54.2 Å². The van der Waals surface area contributed by atoms with Crippen LogP contribution in [0.4, 0.5) is 0 Å². The van der Waals surface area contributed by atoms with Crippen LogP contribution in [0.25, 0.3) is 10.9 Å². The van der Waals surface area contributed by atoms with Gasteiger partial charge in [-0.15, -0.1) is 0 Å². The van der Waals surface area contributed by atoms with Gasteiger partial charge in [-0.1, -0.05) is 38.5 Å². The van der Waals surface area contributed by atoms with Crippen LogP contribution in [-0.4, -0.2) is 174 Å². The van der Waals surface area contributed by atoms with Gasteiger partial charge in [0.15, 0.2) is 0 Å². The number of fused-ring (bicyclic) bond motifs is 1. The van der Waals surface area contributed by atoms with Crippen LogP contribution in [0, 0.1) is 5.92 Å². The fourth-order valence-corrected chi connectivity index (χ4v) is 8.19. The van der Waals surface area contributed by atoms with E-state index in [1.807, 2.05) is 0 Å². The first kappa shape index (κ1) is 67.2. The molecular formula is C50H74N16O16. The van der Waals surface area contributed by atoms with E-state index in [-0.39, 0.29) is 44.3 Å². The number of aliphatic carboxylic acids is 2. The minimum Gasteiger partial charge on any atom is -0.481 e. The van der Waals surface area contributed by atoms with Crippen molar-refractivity contribution in [2.24, 2.45) is 34.6 Å². The standard InChI is InChI=1S/C50H74N16O16/c1-4-23(2)40(48(79)66-41(24(3)67)49(80)60-31(50(81)82)12-13-36(53)68)65-47(78)34(18-38(55)70)64-45(76)33(16-26-21-56-22-58-26)63-43(74)30(11-7-8-14-51)59-44(75)32(15-25-20-57-29-10-6-5-9-27(25)29)62-46(77)35(19-39(71)72)61-42(73)28(52)17-37(54)69/h5-6,9-10,20-24,28,30-35,40-41,57,67H,4,7-8,11-19,51-52H2,1-3H3,(H2,53,68)(H2,54,69)(H2,55,70)(H,56,58)(H,59,75)(H,60,80)(H,61,73)(H,62,77)(H,63,74)(H,64,76)(H,65,78)(H,66,79)(H,71,72)(H,81,82)/t23-,24+,28-,30-,31-,32-,33-,34-,35-,40-,41-/m0/s1. The fourth-order valence-electron chi connectivity index (χ4n) is 8.19. The minimum absolute atomic E-state index is 0.131. The molecule has 3 rings (SSSR count). The average Bonchev–Trinajstić information content (AvgIpc) is 4.10. The number of nitrogens with one attached hydrogen (secondary N) is 10. The highest BCUT2D eigenvalue weighted by atomic mass is 16.4. The molecule has 23 N–H and O–H groups in total. The van der Waals surface area contributed by atoms with E-state index in [2.05, 4.69) is 57.5 Å². The van der Waals surface area contributed by atoms with Crippen molar-refractivity contribution in [2.45, 2.75) is 152 Å². The van der Waals surface area contributed by atoms with Crippen molar-refractivity contribution >= 4 is 87.8 Å². The Hall–Kier alpha value is -9.04. The summed E-state index contributed by atoms with van der Waals surface area (Å²) in [5.74, 6) is -15.6. The van der Waals surface area contributed by atoms with Gasteiger partial charge < -0.3 is 96.5 Å². The maximum Gasteiger partial charge on any atom is 0.326 e. The van der Waals surface area contributed by atoms with Gasteiger partial charge >= 0.3 is 11.9 Å². The molecule has 32 heteroatoms. The van der Waals surface area contributed by atoms with Crippen LogP contribution in [-0.2, 0) is 75.2 Å². The van der Waals surface area contributed by atoms with Crippen molar-refractivity contribution in [1.82, 2.24) is 57.5 Å². The van der Waals surface area contributed by atoms with Crippen LogP contribution in [0.3, 0.4) is 0 Å². The van der Waals surface area contributed by atoms with E-state index >= 15 is 0 Å². The zero-order valence-corrected chi connectivity index (χ0v) is 45.4. The van der Waals surface area contributed by atoms with Gasteiger partial charge in [-0.3, -0.25) is 57.5 Å². The van der Waals surface area contributed by atoms with Gasteiger partial charge in [0.1, 0.15) is 48.3 Å². The molecule has 0 spiro atoms. The molecule has 0 aliphatic heterocycles. The van der Waals surface area contributed by atoms with E-state index in [0.717, 1.165) is 6.92 Å². The number of hydrogen-bond donors (Lipinski definition) is 18. The largest absolute Gasteiger partial charge is 0.481 e. The summed E-state index contributed by atoms with van der Waals surface area (Å²) in [6, 6.07) is -8.20. The van der Waals surface area contributed by atoms with E-state index in [0.29, 0.717) is 22.9 Å². The van der Waals surface area contributed by atoms with Crippen LogP contribution in [0.5, 0.6) is 0 Å². The lowest BCUT2D eigenvalue weighted by atomic mass is 9.96. The van der Waals surface area contributed by atoms with Gasteiger partial charge in [0.2, 0.25) is 65.0 Å². The molecule has 0 saturated carbocycles. The van der Waals surface area contributed by atoms with Gasteiger partial charge in [0, 0.05) is 42.6 Å². The molecule has 1 aromatic carbocycles. The van der Waals surface area contributed by atoms with Gasteiger partial charge in [-0.2, -0.15) is 0 Å². The topological polar surface area (TPSA) is 553 Å². The number of para-hydroxylation sites is 1. The quantitative estimate of drug-likeness (QED) is 0.0239. The lowest BCUT2D eigenvalue weighted by Gasteiger charge is -2.30. The van der Waals surface area contributed by atoms with E-state index in [9.17, 15) is 77.6 Å². The first-order valence-corrected chi connectivity index (χ1v) is 26.0. The first-order valence-electron chi connectivity index (χ1n) is 26.0. The van der Waals surface area contributed by atoms with E-state index in [1.165, 1.54) is 19.4 Å². The molecule has 0 fully saturated rings. The predicted molar refractivity (Wildman–Crippen MR) is 288 cm³/mol. The number of benzene rings is 1. The van der Waals surface area contributed by atoms with Crippen molar-refractivity contribution in [1.29, 1.82) is 0 Å². The average molecular weight is 1160 g/mol. The lowest BCUT2D eigenvalue weighted by Crippen LogP contribution is -2.62. The molecule has 32 nitrogen and oxygen atoms in total. The molecule has 0 aliphatic carbocycles. The number of amides is 11. The third-order valence-electron chi connectivity index (χ3n) is 12.9. The second kappa shape index (κ2) is 32.9. The monoisotopic (exact) mass is 1150 g/mol. The highest BCUT2D eigenvalue weighted by Crippen LogP contribution is 2.20. The summed E-state index contributed by atoms with van der Waals surface area (Å²) in [6.07, 6.45) is -0.934. The SMILES string of the molecule is CC[C@H](C)[C@H](NC(=O)[C@H](CC(N)=O)NC(=O)[C@H](Cc1c[nH]cn1)NC(=O)[C@H](CCCCN)NC(=O)[C@H](Cc1c[nH]c2ccccc12)NC(=O)[C@H](CC(=O)O)NC(=O)[C@@H](N)CC(N)=O)C(=O)N[C@H](C(=O)N[C@@H](CCC(N)=O)C(=O)O)[C@@H](C)O. The number of unbranched alkanes of at least 4 members (excludes halogenated alkanes) is 1. The van der Waals surface area contributed by atoms with E-state index < -0.39 is 175 Å². The summed E-state index contributed by atoms with van der Waals surface area (Å²) in [5, 5.41) is 49.4. The van der Waals surface area contributed by atoms with Crippen molar-refractivity contribution in [3.63, 3.8) is 0 Å². The molecule has 0 saturated heterocycles. The highest BCUT2D eigenvalue weighted by molar-refractivity contribution is 6.00. The number of carbonyl (C=O) groups is 13. The molecule has 2 heterocycles. The number of nitrogens with two attached hydrogens (primary N) is 5. The lowest BCUT2D eigenvalue weighted by molar-refractivity contribution is -0.143. The summed E-state index contributed by atoms with van der Waals surface area (Å²) in [4.78, 5) is 180. The number of aromatic nitrogens is 3. The predicted octanol–water partition coefficient (Wildman–Crippen LogP) is -5.99. The molecule has 2 aromatic heterocycles. The molecule has 0 radical (unpaired) electrons. The number of carboxylic acids is 2. The van der Waals surface area contributed by atoms with Crippen LogP contribution >= 0.6 is 0 Å². The number of carboxylic acid groups (broad SMARTS) is 2. The number of aromatic amines is 2. The number of H-pyrrole nitrogens is 2. The summed E-state index contributed by atoms with van der Waals surface area (Å²) < 4.78 is 0. The van der Waals surface area contributed by atoms with Gasteiger partial charge in [0.05, 0.1) is 43.4 Å². The maximum absolute atomic E-state index is 14.5. The van der Waals surface area contributed by atoms with Crippen molar-refractivity contribution < 1.29 is 77.6 Å². The van der Waals surface area contributed by atoms with Gasteiger partial charge in [0.25, 0.3) is 0 Å². The zero-order chi connectivity index (χ0) is 61.4. The minimum atomic E-state index is -1.86. The van der Waals surface area contributed by atoms with E-state index in [4.69, 9.17) is 28.7 Å². The number of hydrogen-bond acceptors (Lipinski definition) is 17. The molecule has 82 heavy (non-hydrogen) atoms. The molecule has 11 amide bonds. The van der Waals surface area contributed by atoms with Gasteiger partial charge in [-0.25, -0.2) is 9.78 Å². The maximum atomic E-state index is 14.5. The number of nitrogens with zero attached hydrogens (tertiary/aromatic N) is 1. The molecule has 450 valence electrons. The molecule has 3 aromatic rings. The molecule has 0 unspecified atom stereocenters. The summed E-state index contributed by atoms with van der Waals surface area (Å²) in [6.45, 7) is 4.42. The molecular weight excluding hydrogens is 1080 g/mol. The fraction of sp³-hybridized carbons (Fsp3) is 0.520. The summed E-state index contributed by atoms with van der Waals surface area (Å²) >= 11 is 0. The molecule has 0 bridgehead atoms. The Labute approximate surface area is 469 Å². The third kappa shape index (κ3) is 21.9. The Balaban J connectivity index is 1.98. The van der Waals surface area contributed by atoms with Crippen molar-refractivity contribution in [3.8, 4) is 0 Å². The normalized spacial score (nSPS) is 15.1. The highest BCUT2D eigenvalue weighted by Gasteiger charge is 2.38. The number of primary amides is 3. The number of aliphatic hydroxyl groups is 1. The molecule has 11 atom stereocenters. The Kier molecular flexibility index (Phi) is 27.0. The Morgan fingerprint density at radius 2 is 1.11 bits per heavy atom. The Morgan fingerprint density at radius 3 is 1.67 bits per heavy atom. The Bertz CT molecular complexity index is 2750. The number of carbonyl (C=O) groups excluding carboxylic acids is 11. The summed E-state index contributed by atoms with van der Waals surface area (Å²) in [5.41, 5.74) is 28.6. The van der Waals surface area contributed by atoms with Crippen LogP contribution in [0.15, 0.2) is 43.0 Å². The molecule has 0 aliphatic rings. The second-order valence-corrected chi connectivity index (χ2v) is 19.5. The first-order chi connectivity index (χ1) is 38.6. The van der Waals surface area contributed by atoms with Crippen molar-refractivity contribution in [2.75, 3.05) is 6.54 Å². The van der Waals surface area contributed by atoms with Crippen LogP contribution < -0.4 is 71.2 Å². The van der Waals surface area contributed by atoms with Gasteiger partial charge in [-0.05, 0) is 56.7 Å². The Morgan fingerprint density at radius 1 is 0.585 bits per heavy atom. The van der Waals surface area contributed by atoms with Crippen LogP contribution in [0.2, 0.25) is 0 Å². The number of aliphatic hydroxyl groups excluding tert-OH is 1.